The van der Waals surface area contributed by atoms with Gasteiger partial charge in [0.15, 0.2) is 11.6 Å². The Labute approximate surface area is 127 Å². The SMILES string of the molecule is Fc1cccc(C2CCNCC2)c1OCC1CCCCC1. The van der Waals surface area contributed by atoms with Gasteiger partial charge in [0.05, 0.1) is 6.61 Å². The van der Waals surface area contributed by atoms with Crippen molar-refractivity contribution in [3.05, 3.63) is 29.6 Å². The summed E-state index contributed by atoms with van der Waals surface area (Å²) in [6, 6.07) is 5.40. The summed E-state index contributed by atoms with van der Waals surface area (Å²) in [4.78, 5) is 0. The fourth-order valence-electron chi connectivity index (χ4n) is 3.69. The van der Waals surface area contributed by atoms with Crippen molar-refractivity contribution in [2.24, 2.45) is 5.92 Å². The highest BCUT2D eigenvalue weighted by molar-refractivity contribution is 5.38. The second-order valence-corrected chi connectivity index (χ2v) is 6.50. The van der Waals surface area contributed by atoms with E-state index >= 15 is 0 Å². The Balaban J connectivity index is 1.70. The van der Waals surface area contributed by atoms with Gasteiger partial charge in [0.25, 0.3) is 0 Å². The number of hydrogen-bond acceptors (Lipinski definition) is 2. The van der Waals surface area contributed by atoms with Crippen molar-refractivity contribution in [2.45, 2.75) is 50.9 Å². The normalized spacial score (nSPS) is 21.4. The second kappa shape index (κ2) is 7.26. The fraction of sp³-hybridized carbons (Fsp3) is 0.667. The summed E-state index contributed by atoms with van der Waals surface area (Å²) >= 11 is 0. The Morgan fingerprint density at radius 2 is 1.81 bits per heavy atom. The highest BCUT2D eigenvalue weighted by Crippen LogP contribution is 2.35. The van der Waals surface area contributed by atoms with Gasteiger partial charge in [0, 0.05) is 5.56 Å². The number of benzene rings is 1. The number of ether oxygens (including phenoxy) is 1. The molecule has 1 aromatic carbocycles. The van der Waals surface area contributed by atoms with Gasteiger partial charge >= 0.3 is 0 Å². The predicted octanol–water partition coefficient (Wildman–Crippen LogP) is 4.25. The van der Waals surface area contributed by atoms with Crippen LogP contribution in [0.3, 0.4) is 0 Å². The van der Waals surface area contributed by atoms with Crippen LogP contribution in [0.4, 0.5) is 4.39 Å². The first-order valence-electron chi connectivity index (χ1n) is 8.46. The number of para-hydroxylation sites is 1. The summed E-state index contributed by atoms with van der Waals surface area (Å²) in [7, 11) is 0. The van der Waals surface area contributed by atoms with Gasteiger partial charge in [-0.1, -0.05) is 31.4 Å². The molecular formula is C18H26FNO. The number of halogens is 1. The van der Waals surface area contributed by atoms with Crippen LogP contribution in [-0.4, -0.2) is 19.7 Å². The quantitative estimate of drug-likeness (QED) is 0.895. The summed E-state index contributed by atoms with van der Waals surface area (Å²) in [5, 5.41) is 3.37. The third-order valence-corrected chi connectivity index (χ3v) is 4.96. The molecule has 2 nitrogen and oxygen atoms in total. The maximum absolute atomic E-state index is 14.2. The summed E-state index contributed by atoms with van der Waals surface area (Å²) in [5.74, 6) is 1.37. The first-order chi connectivity index (χ1) is 10.3. The summed E-state index contributed by atoms with van der Waals surface area (Å²) in [6.07, 6.45) is 8.55. The Morgan fingerprint density at radius 1 is 1.05 bits per heavy atom. The zero-order valence-electron chi connectivity index (χ0n) is 12.7. The molecule has 0 aromatic heterocycles. The molecule has 2 fully saturated rings. The van der Waals surface area contributed by atoms with Gasteiger partial charge in [-0.25, -0.2) is 4.39 Å². The molecule has 116 valence electrons. The first-order valence-corrected chi connectivity index (χ1v) is 8.46. The van der Waals surface area contributed by atoms with E-state index < -0.39 is 0 Å². The number of piperidine rings is 1. The van der Waals surface area contributed by atoms with Gasteiger partial charge in [-0.3, -0.25) is 0 Å². The molecule has 0 radical (unpaired) electrons. The Bertz CT molecular complexity index is 451. The van der Waals surface area contributed by atoms with Crippen LogP contribution in [0.1, 0.15) is 56.4 Å². The van der Waals surface area contributed by atoms with E-state index in [2.05, 4.69) is 11.4 Å². The van der Waals surface area contributed by atoms with E-state index in [0.717, 1.165) is 31.5 Å². The molecule has 0 atom stereocenters. The number of hydrogen-bond donors (Lipinski definition) is 1. The average Bonchev–Trinajstić information content (AvgIpc) is 2.55. The molecule has 3 heteroatoms. The predicted molar refractivity (Wildman–Crippen MR) is 83.3 cm³/mol. The summed E-state index contributed by atoms with van der Waals surface area (Å²) in [5.41, 5.74) is 1.08. The minimum Gasteiger partial charge on any atom is -0.490 e. The molecule has 0 amide bonds. The van der Waals surface area contributed by atoms with Gasteiger partial charge in [-0.2, -0.15) is 0 Å². The summed E-state index contributed by atoms with van der Waals surface area (Å²) < 4.78 is 20.2. The lowest BCUT2D eigenvalue weighted by Gasteiger charge is -2.27. The van der Waals surface area contributed by atoms with Gasteiger partial charge < -0.3 is 10.1 Å². The molecule has 0 bridgehead atoms. The van der Waals surface area contributed by atoms with Crippen LogP contribution in [0, 0.1) is 11.7 Å². The van der Waals surface area contributed by atoms with E-state index in [9.17, 15) is 4.39 Å². The van der Waals surface area contributed by atoms with E-state index in [0.29, 0.717) is 24.2 Å². The highest BCUT2D eigenvalue weighted by atomic mass is 19.1. The van der Waals surface area contributed by atoms with Crippen LogP contribution in [0.5, 0.6) is 5.75 Å². The van der Waals surface area contributed by atoms with E-state index in [1.54, 1.807) is 0 Å². The molecule has 1 saturated carbocycles. The molecule has 1 saturated heterocycles. The first kappa shape index (κ1) is 14.8. The molecule has 3 rings (SSSR count). The largest absolute Gasteiger partial charge is 0.490 e. The van der Waals surface area contributed by atoms with Crippen LogP contribution in [0.25, 0.3) is 0 Å². The lowest BCUT2D eigenvalue weighted by Crippen LogP contribution is -2.27. The van der Waals surface area contributed by atoms with Crippen molar-refractivity contribution in [3.8, 4) is 5.75 Å². The van der Waals surface area contributed by atoms with Crippen LogP contribution >= 0.6 is 0 Å². The molecular weight excluding hydrogens is 265 g/mol. The van der Waals surface area contributed by atoms with Gasteiger partial charge in [0.2, 0.25) is 0 Å². The minimum absolute atomic E-state index is 0.193. The van der Waals surface area contributed by atoms with Crippen molar-refractivity contribution in [2.75, 3.05) is 19.7 Å². The molecule has 1 aromatic rings. The fourth-order valence-corrected chi connectivity index (χ4v) is 3.69. The molecule has 1 aliphatic carbocycles. The number of nitrogens with one attached hydrogen (secondary N) is 1. The van der Waals surface area contributed by atoms with E-state index in [4.69, 9.17) is 4.74 Å². The average molecular weight is 291 g/mol. The van der Waals surface area contributed by atoms with E-state index in [1.807, 2.05) is 6.07 Å². The summed E-state index contributed by atoms with van der Waals surface area (Å²) in [6.45, 7) is 2.71. The Morgan fingerprint density at radius 3 is 2.57 bits per heavy atom. The van der Waals surface area contributed by atoms with Crippen LogP contribution in [-0.2, 0) is 0 Å². The standard InChI is InChI=1S/C18H26FNO/c19-17-8-4-7-16(15-9-11-20-12-10-15)18(17)21-13-14-5-2-1-3-6-14/h4,7-8,14-15,20H,1-3,5-6,9-13H2. The van der Waals surface area contributed by atoms with Crippen molar-refractivity contribution in [1.82, 2.24) is 5.32 Å². The third-order valence-electron chi connectivity index (χ3n) is 4.96. The Hall–Kier alpha value is -1.09. The zero-order valence-corrected chi connectivity index (χ0v) is 12.7. The van der Waals surface area contributed by atoms with Gasteiger partial charge in [-0.15, -0.1) is 0 Å². The van der Waals surface area contributed by atoms with Crippen molar-refractivity contribution in [3.63, 3.8) is 0 Å². The molecule has 0 unspecified atom stereocenters. The van der Waals surface area contributed by atoms with Crippen molar-refractivity contribution >= 4 is 0 Å². The van der Waals surface area contributed by atoms with Crippen LogP contribution in [0.15, 0.2) is 18.2 Å². The van der Waals surface area contributed by atoms with E-state index in [-0.39, 0.29) is 5.82 Å². The lowest BCUT2D eigenvalue weighted by molar-refractivity contribution is 0.199. The zero-order chi connectivity index (χ0) is 14.5. The molecule has 2 aliphatic rings. The number of rotatable bonds is 4. The Kier molecular flexibility index (Phi) is 5.13. The lowest BCUT2D eigenvalue weighted by atomic mass is 9.89. The van der Waals surface area contributed by atoms with Crippen molar-refractivity contribution in [1.29, 1.82) is 0 Å². The molecule has 21 heavy (non-hydrogen) atoms. The smallest absolute Gasteiger partial charge is 0.165 e. The van der Waals surface area contributed by atoms with Gasteiger partial charge in [-0.05, 0) is 56.7 Å². The maximum atomic E-state index is 14.2. The van der Waals surface area contributed by atoms with E-state index in [1.165, 1.54) is 38.2 Å². The van der Waals surface area contributed by atoms with Crippen molar-refractivity contribution < 1.29 is 9.13 Å². The topological polar surface area (TPSA) is 21.3 Å². The molecule has 0 spiro atoms. The van der Waals surface area contributed by atoms with Crippen LogP contribution < -0.4 is 10.1 Å². The molecule has 1 aliphatic heterocycles. The molecule has 1 heterocycles. The van der Waals surface area contributed by atoms with Crippen LogP contribution in [0.2, 0.25) is 0 Å². The monoisotopic (exact) mass is 291 g/mol. The third kappa shape index (κ3) is 3.76. The second-order valence-electron chi connectivity index (χ2n) is 6.50. The van der Waals surface area contributed by atoms with Gasteiger partial charge in [0.1, 0.15) is 0 Å². The molecule has 1 N–H and O–H groups in total. The maximum Gasteiger partial charge on any atom is 0.165 e. The highest BCUT2D eigenvalue weighted by Gasteiger charge is 2.22. The minimum atomic E-state index is -0.193.